The Kier molecular flexibility index (Phi) is 5.92. The van der Waals surface area contributed by atoms with Gasteiger partial charge in [0.15, 0.2) is 0 Å². The summed E-state index contributed by atoms with van der Waals surface area (Å²) >= 11 is 0. The van der Waals surface area contributed by atoms with Crippen molar-refractivity contribution in [3.63, 3.8) is 0 Å². The van der Waals surface area contributed by atoms with Gasteiger partial charge >= 0.3 is 0 Å². The molecule has 1 aliphatic rings. The first-order valence-corrected chi connectivity index (χ1v) is 7.90. The van der Waals surface area contributed by atoms with Gasteiger partial charge in [0.1, 0.15) is 5.82 Å². The summed E-state index contributed by atoms with van der Waals surface area (Å²) < 4.78 is 12.8. The van der Waals surface area contributed by atoms with E-state index in [1.807, 2.05) is 0 Å². The highest BCUT2D eigenvalue weighted by molar-refractivity contribution is 5.89. The standard InChI is InChI=1S/C17H23FN2O2/c1-2-3-10-20-12-14(11-16(20)21)17(22)19-9-8-13-4-6-15(18)7-5-13/h4-7,14H,2-3,8-12H2,1H3,(H,19,22). The molecule has 1 heterocycles. The zero-order chi connectivity index (χ0) is 15.9. The first kappa shape index (κ1) is 16.5. The number of nitrogens with zero attached hydrogens (tertiary/aromatic N) is 1. The van der Waals surface area contributed by atoms with Gasteiger partial charge in [0.05, 0.1) is 5.92 Å². The van der Waals surface area contributed by atoms with Crippen molar-refractivity contribution in [3.8, 4) is 0 Å². The summed E-state index contributed by atoms with van der Waals surface area (Å²) in [6, 6.07) is 6.26. The lowest BCUT2D eigenvalue weighted by Crippen LogP contribution is -2.34. The number of benzene rings is 1. The van der Waals surface area contributed by atoms with Crippen molar-refractivity contribution in [3.05, 3.63) is 35.6 Å². The molecule has 0 aromatic heterocycles. The number of halogens is 1. The second-order valence-electron chi connectivity index (χ2n) is 5.76. The van der Waals surface area contributed by atoms with Gasteiger partial charge in [0, 0.05) is 26.1 Å². The van der Waals surface area contributed by atoms with E-state index in [0.717, 1.165) is 24.9 Å². The Balaban J connectivity index is 1.73. The average molecular weight is 306 g/mol. The van der Waals surface area contributed by atoms with Gasteiger partial charge in [0.2, 0.25) is 11.8 Å². The van der Waals surface area contributed by atoms with Crippen molar-refractivity contribution < 1.29 is 14.0 Å². The van der Waals surface area contributed by atoms with Crippen LogP contribution in [-0.2, 0) is 16.0 Å². The summed E-state index contributed by atoms with van der Waals surface area (Å²) in [5.74, 6) is -0.483. The summed E-state index contributed by atoms with van der Waals surface area (Å²) in [7, 11) is 0. The second kappa shape index (κ2) is 7.92. The molecule has 2 amide bonds. The first-order valence-electron chi connectivity index (χ1n) is 7.90. The summed E-state index contributed by atoms with van der Waals surface area (Å²) in [5.41, 5.74) is 0.980. The Hall–Kier alpha value is -1.91. The molecule has 2 rings (SSSR count). The Morgan fingerprint density at radius 2 is 2.09 bits per heavy atom. The minimum absolute atomic E-state index is 0.0607. The molecular weight excluding hydrogens is 283 g/mol. The Morgan fingerprint density at radius 3 is 2.77 bits per heavy atom. The number of amides is 2. The molecule has 5 heteroatoms. The highest BCUT2D eigenvalue weighted by atomic mass is 19.1. The number of nitrogens with one attached hydrogen (secondary N) is 1. The van der Waals surface area contributed by atoms with Crippen LogP contribution in [0.15, 0.2) is 24.3 Å². The van der Waals surface area contributed by atoms with Crippen LogP contribution in [0.2, 0.25) is 0 Å². The number of unbranched alkanes of at least 4 members (excludes halogenated alkanes) is 1. The molecule has 120 valence electrons. The third-order valence-corrected chi connectivity index (χ3v) is 3.99. The van der Waals surface area contributed by atoms with Gasteiger partial charge in [0.25, 0.3) is 0 Å². The lowest BCUT2D eigenvalue weighted by molar-refractivity contribution is -0.129. The van der Waals surface area contributed by atoms with Crippen molar-refractivity contribution in [2.24, 2.45) is 5.92 Å². The maximum absolute atomic E-state index is 12.8. The predicted molar refractivity (Wildman–Crippen MR) is 82.7 cm³/mol. The molecule has 0 radical (unpaired) electrons. The molecule has 4 nitrogen and oxygen atoms in total. The Bertz CT molecular complexity index is 516. The Morgan fingerprint density at radius 1 is 1.36 bits per heavy atom. The fourth-order valence-electron chi connectivity index (χ4n) is 2.64. The van der Waals surface area contributed by atoms with Crippen LogP contribution in [0.3, 0.4) is 0 Å². The van der Waals surface area contributed by atoms with E-state index in [1.165, 1.54) is 12.1 Å². The molecule has 1 aromatic carbocycles. The maximum Gasteiger partial charge on any atom is 0.225 e. The van der Waals surface area contributed by atoms with Crippen LogP contribution in [0, 0.1) is 11.7 Å². The van der Waals surface area contributed by atoms with Crippen LogP contribution >= 0.6 is 0 Å². The molecule has 1 atom stereocenters. The van der Waals surface area contributed by atoms with E-state index < -0.39 is 0 Å². The third-order valence-electron chi connectivity index (χ3n) is 3.99. The van der Waals surface area contributed by atoms with Crippen LogP contribution in [0.25, 0.3) is 0 Å². The van der Waals surface area contributed by atoms with E-state index in [0.29, 0.717) is 25.9 Å². The molecule has 0 bridgehead atoms. The van der Waals surface area contributed by atoms with Gasteiger partial charge in [-0.15, -0.1) is 0 Å². The van der Waals surface area contributed by atoms with E-state index in [1.54, 1.807) is 17.0 Å². The summed E-state index contributed by atoms with van der Waals surface area (Å²) in [6.07, 6.45) is 2.99. The highest BCUT2D eigenvalue weighted by Crippen LogP contribution is 2.18. The van der Waals surface area contributed by atoms with Crippen LogP contribution in [0.4, 0.5) is 4.39 Å². The minimum atomic E-state index is -0.260. The predicted octanol–water partition coefficient (Wildman–Crippen LogP) is 2.13. The largest absolute Gasteiger partial charge is 0.355 e. The number of carbonyl (C=O) groups is 2. The SMILES string of the molecule is CCCCN1CC(C(=O)NCCc2ccc(F)cc2)CC1=O. The van der Waals surface area contributed by atoms with Crippen molar-refractivity contribution in [2.45, 2.75) is 32.6 Å². The van der Waals surface area contributed by atoms with E-state index >= 15 is 0 Å². The van der Waals surface area contributed by atoms with Crippen LogP contribution in [0.1, 0.15) is 31.7 Å². The normalized spacial score (nSPS) is 17.8. The van der Waals surface area contributed by atoms with E-state index in [9.17, 15) is 14.0 Å². The van der Waals surface area contributed by atoms with E-state index in [-0.39, 0.29) is 23.5 Å². The van der Waals surface area contributed by atoms with Gasteiger partial charge in [-0.1, -0.05) is 25.5 Å². The number of hydrogen-bond acceptors (Lipinski definition) is 2. The highest BCUT2D eigenvalue weighted by Gasteiger charge is 2.33. The number of rotatable bonds is 7. The molecule has 0 spiro atoms. The minimum Gasteiger partial charge on any atom is -0.355 e. The van der Waals surface area contributed by atoms with E-state index in [4.69, 9.17) is 0 Å². The monoisotopic (exact) mass is 306 g/mol. The number of carbonyl (C=O) groups excluding carboxylic acids is 2. The van der Waals surface area contributed by atoms with Crippen LogP contribution in [-0.4, -0.2) is 36.3 Å². The molecule has 1 unspecified atom stereocenters. The number of hydrogen-bond donors (Lipinski definition) is 1. The molecular formula is C17H23FN2O2. The lowest BCUT2D eigenvalue weighted by Gasteiger charge is -2.15. The first-order chi connectivity index (χ1) is 10.6. The van der Waals surface area contributed by atoms with Gasteiger partial charge in [-0.25, -0.2) is 4.39 Å². The molecule has 1 N–H and O–H groups in total. The van der Waals surface area contributed by atoms with Gasteiger partial charge < -0.3 is 10.2 Å². The topological polar surface area (TPSA) is 49.4 Å². The summed E-state index contributed by atoms with van der Waals surface area (Å²) in [6.45, 7) is 3.86. The van der Waals surface area contributed by atoms with Gasteiger partial charge in [-0.2, -0.15) is 0 Å². The molecule has 1 saturated heterocycles. The molecule has 0 aliphatic carbocycles. The van der Waals surface area contributed by atoms with Crippen molar-refractivity contribution in [1.29, 1.82) is 0 Å². The lowest BCUT2D eigenvalue weighted by atomic mass is 10.1. The Labute approximate surface area is 130 Å². The summed E-state index contributed by atoms with van der Waals surface area (Å²) in [4.78, 5) is 25.7. The maximum atomic E-state index is 12.8. The quantitative estimate of drug-likeness (QED) is 0.839. The number of likely N-dealkylation sites (tertiary alicyclic amines) is 1. The third kappa shape index (κ3) is 4.55. The molecule has 22 heavy (non-hydrogen) atoms. The fourth-order valence-corrected chi connectivity index (χ4v) is 2.64. The van der Waals surface area contributed by atoms with Gasteiger partial charge in [-0.05, 0) is 30.5 Å². The van der Waals surface area contributed by atoms with Crippen molar-refractivity contribution in [1.82, 2.24) is 10.2 Å². The molecule has 0 saturated carbocycles. The summed E-state index contributed by atoms with van der Waals surface area (Å²) in [5, 5.41) is 2.87. The zero-order valence-corrected chi connectivity index (χ0v) is 13.0. The van der Waals surface area contributed by atoms with Crippen LogP contribution in [0.5, 0.6) is 0 Å². The molecule has 1 aliphatic heterocycles. The smallest absolute Gasteiger partial charge is 0.225 e. The van der Waals surface area contributed by atoms with E-state index in [2.05, 4.69) is 12.2 Å². The average Bonchev–Trinajstić information content (AvgIpc) is 2.88. The van der Waals surface area contributed by atoms with Gasteiger partial charge in [-0.3, -0.25) is 9.59 Å². The molecule has 1 aromatic rings. The second-order valence-corrected chi connectivity index (χ2v) is 5.76. The van der Waals surface area contributed by atoms with Crippen molar-refractivity contribution >= 4 is 11.8 Å². The fraction of sp³-hybridized carbons (Fsp3) is 0.529. The zero-order valence-electron chi connectivity index (χ0n) is 13.0. The molecule has 1 fully saturated rings. The van der Waals surface area contributed by atoms with Crippen molar-refractivity contribution in [2.75, 3.05) is 19.6 Å². The van der Waals surface area contributed by atoms with Crippen LogP contribution < -0.4 is 5.32 Å².